The molecule has 0 amide bonds. The molecule has 4 rings (SSSR count). The number of benzene rings is 4. The predicted octanol–water partition coefficient (Wildman–Crippen LogP) is 5.95. The first-order chi connectivity index (χ1) is 12.8. The summed E-state index contributed by atoms with van der Waals surface area (Å²) in [6, 6.07) is 26.4. The van der Waals surface area contributed by atoms with Crippen LogP contribution in [0.2, 0.25) is 0 Å². The normalized spacial score (nSPS) is 11.3. The molecule has 0 saturated carbocycles. The number of carbonyl (C=O) groups is 1. The van der Waals surface area contributed by atoms with Crippen LogP contribution in [0.5, 0.6) is 0 Å². The molecule has 0 N–H and O–H groups in total. The Bertz CT molecular complexity index is 1120. The molecule has 0 bridgehead atoms. The highest BCUT2D eigenvalue weighted by Gasteiger charge is 2.09. The largest absolute Gasteiger partial charge is 0.465 e. The van der Waals surface area contributed by atoms with Gasteiger partial charge in [-0.15, -0.1) is 0 Å². The molecular formula is C24H18O2. The second-order valence-electron chi connectivity index (χ2n) is 6.18. The minimum absolute atomic E-state index is 0.316. The predicted molar refractivity (Wildman–Crippen MR) is 108 cm³/mol. The van der Waals surface area contributed by atoms with E-state index in [0.29, 0.717) is 5.56 Å². The van der Waals surface area contributed by atoms with Crippen LogP contribution in [-0.2, 0) is 4.74 Å². The molecule has 0 heterocycles. The summed E-state index contributed by atoms with van der Waals surface area (Å²) in [5.74, 6) is -0.316. The highest BCUT2D eigenvalue weighted by atomic mass is 16.5. The second-order valence-corrected chi connectivity index (χ2v) is 6.18. The zero-order chi connectivity index (χ0) is 17.9. The lowest BCUT2D eigenvalue weighted by molar-refractivity contribution is 0.0601. The van der Waals surface area contributed by atoms with Crippen molar-refractivity contribution in [2.45, 2.75) is 0 Å². The summed E-state index contributed by atoms with van der Waals surface area (Å²) in [6.07, 6.45) is 4.27. The molecule has 0 fully saturated rings. The zero-order valence-corrected chi connectivity index (χ0v) is 14.5. The van der Waals surface area contributed by atoms with Crippen LogP contribution >= 0.6 is 0 Å². The summed E-state index contributed by atoms with van der Waals surface area (Å²) in [5.41, 5.74) is 2.89. The molecule has 26 heavy (non-hydrogen) atoms. The topological polar surface area (TPSA) is 26.3 Å². The Balaban J connectivity index is 1.91. The molecule has 2 nitrogen and oxygen atoms in total. The van der Waals surface area contributed by atoms with Gasteiger partial charge in [-0.2, -0.15) is 0 Å². The SMILES string of the molecule is COC(=O)c1ccc2cc(C=Cc3ccccc3)c3ccccc3c2c1. The molecule has 2 heteroatoms. The van der Waals surface area contributed by atoms with E-state index < -0.39 is 0 Å². The van der Waals surface area contributed by atoms with Crippen LogP contribution in [0.15, 0.2) is 78.9 Å². The summed E-state index contributed by atoms with van der Waals surface area (Å²) in [5, 5.41) is 4.45. The average Bonchev–Trinajstić information content (AvgIpc) is 2.72. The lowest BCUT2D eigenvalue weighted by Gasteiger charge is -2.09. The molecule has 0 aliphatic rings. The van der Waals surface area contributed by atoms with Gasteiger partial charge in [0.05, 0.1) is 12.7 Å². The first kappa shape index (κ1) is 16.1. The Morgan fingerprint density at radius 1 is 0.769 bits per heavy atom. The van der Waals surface area contributed by atoms with E-state index >= 15 is 0 Å². The molecule has 0 unspecified atom stereocenters. The summed E-state index contributed by atoms with van der Waals surface area (Å²) in [4.78, 5) is 11.9. The maximum absolute atomic E-state index is 11.9. The minimum Gasteiger partial charge on any atom is -0.465 e. The highest BCUT2D eigenvalue weighted by molar-refractivity contribution is 6.12. The van der Waals surface area contributed by atoms with Gasteiger partial charge in [-0.25, -0.2) is 4.79 Å². The van der Waals surface area contributed by atoms with E-state index in [0.717, 1.165) is 32.7 Å². The van der Waals surface area contributed by atoms with Crippen molar-refractivity contribution in [2.75, 3.05) is 7.11 Å². The van der Waals surface area contributed by atoms with Gasteiger partial charge < -0.3 is 4.74 Å². The van der Waals surface area contributed by atoms with E-state index in [1.807, 2.05) is 48.5 Å². The molecule has 4 aromatic rings. The molecule has 0 aliphatic carbocycles. The van der Waals surface area contributed by atoms with Crippen molar-refractivity contribution in [3.05, 3.63) is 95.6 Å². The Morgan fingerprint density at radius 3 is 2.27 bits per heavy atom. The lowest BCUT2D eigenvalue weighted by atomic mass is 9.95. The Morgan fingerprint density at radius 2 is 1.50 bits per heavy atom. The van der Waals surface area contributed by atoms with Crippen LogP contribution in [-0.4, -0.2) is 13.1 Å². The Hall–Kier alpha value is -3.39. The van der Waals surface area contributed by atoms with Crippen molar-refractivity contribution in [1.29, 1.82) is 0 Å². The summed E-state index contributed by atoms with van der Waals surface area (Å²) < 4.78 is 4.86. The third-order valence-corrected chi connectivity index (χ3v) is 4.57. The molecule has 126 valence electrons. The number of rotatable bonds is 3. The average molecular weight is 338 g/mol. The fourth-order valence-electron chi connectivity index (χ4n) is 3.26. The number of carbonyl (C=O) groups excluding carboxylic acids is 1. The van der Waals surface area contributed by atoms with Gasteiger partial charge in [0.2, 0.25) is 0 Å². The molecule has 0 saturated heterocycles. The highest BCUT2D eigenvalue weighted by Crippen LogP contribution is 2.30. The lowest BCUT2D eigenvalue weighted by Crippen LogP contribution is -2.00. The smallest absolute Gasteiger partial charge is 0.337 e. The van der Waals surface area contributed by atoms with Crippen LogP contribution in [0.1, 0.15) is 21.5 Å². The number of methoxy groups -OCH3 is 1. The Labute approximate surface area is 152 Å². The fraction of sp³-hybridized carbons (Fsp3) is 0.0417. The summed E-state index contributed by atoms with van der Waals surface area (Å²) in [7, 11) is 1.40. The van der Waals surface area contributed by atoms with Crippen molar-refractivity contribution in [1.82, 2.24) is 0 Å². The van der Waals surface area contributed by atoms with E-state index in [9.17, 15) is 4.79 Å². The molecule has 0 aromatic heterocycles. The zero-order valence-electron chi connectivity index (χ0n) is 14.5. The summed E-state index contributed by atoms with van der Waals surface area (Å²) >= 11 is 0. The van der Waals surface area contributed by atoms with Crippen LogP contribution in [0.4, 0.5) is 0 Å². The first-order valence-electron chi connectivity index (χ1n) is 8.53. The molecule has 4 aromatic carbocycles. The quantitative estimate of drug-likeness (QED) is 0.262. The molecule has 0 atom stereocenters. The van der Waals surface area contributed by atoms with E-state index in [1.165, 1.54) is 7.11 Å². The third-order valence-electron chi connectivity index (χ3n) is 4.57. The number of hydrogen-bond acceptors (Lipinski definition) is 2. The van der Waals surface area contributed by atoms with Crippen LogP contribution < -0.4 is 0 Å². The Kier molecular flexibility index (Phi) is 4.24. The van der Waals surface area contributed by atoms with Gasteiger partial charge in [-0.05, 0) is 50.9 Å². The third kappa shape index (κ3) is 2.98. The summed E-state index contributed by atoms with van der Waals surface area (Å²) in [6.45, 7) is 0. The van der Waals surface area contributed by atoms with Gasteiger partial charge >= 0.3 is 5.97 Å². The molecular weight excluding hydrogens is 320 g/mol. The van der Waals surface area contributed by atoms with Crippen LogP contribution in [0, 0.1) is 0 Å². The maximum atomic E-state index is 11.9. The van der Waals surface area contributed by atoms with E-state index in [1.54, 1.807) is 0 Å². The number of ether oxygens (including phenoxy) is 1. The standard InChI is InChI=1S/C24H18O2/c1-26-24(25)20-14-13-19-15-18(12-11-17-7-3-2-4-8-17)21-9-5-6-10-22(21)23(19)16-20/h2-16H,1H3. The van der Waals surface area contributed by atoms with Gasteiger partial charge in [0.25, 0.3) is 0 Å². The monoisotopic (exact) mass is 338 g/mol. The first-order valence-corrected chi connectivity index (χ1v) is 8.53. The van der Waals surface area contributed by atoms with Crippen molar-refractivity contribution < 1.29 is 9.53 Å². The van der Waals surface area contributed by atoms with Crippen LogP contribution in [0.3, 0.4) is 0 Å². The number of esters is 1. The van der Waals surface area contributed by atoms with Crippen molar-refractivity contribution in [2.24, 2.45) is 0 Å². The number of fused-ring (bicyclic) bond motifs is 3. The van der Waals surface area contributed by atoms with Gasteiger partial charge in [0, 0.05) is 0 Å². The van der Waals surface area contributed by atoms with E-state index in [2.05, 4.69) is 42.5 Å². The maximum Gasteiger partial charge on any atom is 0.337 e. The van der Waals surface area contributed by atoms with E-state index in [4.69, 9.17) is 4.74 Å². The molecule has 0 spiro atoms. The van der Waals surface area contributed by atoms with E-state index in [-0.39, 0.29) is 5.97 Å². The minimum atomic E-state index is -0.316. The van der Waals surface area contributed by atoms with Crippen molar-refractivity contribution in [3.63, 3.8) is 0 Å². The molecule has 0 aliphatic heterocycles. The van der Waals surface area contributed by atoms with Crippen LogP contribution in [0.25, 0.3) is 33.7 Å². The van der Waals surface area contributed by atoms with Crippen molar-refractivity contribution in [3.8, 4) is 0 Å². The second kappa shape index (κ2) is 6.85. The van der Waals surface area contributed by atoms with Gasteiger partial charge in [0.1, 0.15) is 0 Å². The molecule has 0 radical (unpaired) electrons. The van der Waals surface area contributed by atoms with Gasteiger partial charge in [-0.3, -0.25) is 0 Å². The van der Waals surface area contributed by atoms with Gasteiger partial charge in [-0.1, -0.05) is 72.8 Å². The fourth-order valence-corrected chi connectivity index (χ4v) is 3.26. The van der Waals surface area contributed by atoms with Gasteiger partial charge in [0.15, 0.2) is 0 Å². The number of hydrogen-bond donors (Lipinski definition) is 0. The van der Waals surface area contributed by atoms with Crippen molar-refractivity contribution >= 4 is 39.7 Å².